The van der Waals surface area contributed by atoms with Crippen molar-refractivity contribution in [1.82, 2.24) is 10.2 Å². The number of benzene rings is 1. The summed E-state index contributed by atoms with van der Waals surface area (Å²) >= 11 is 0. The topological polar surface area (TPSA) is 32.3 Å². The molecule has 1 saturated heterocycles. The number of carbonyl (C=O) groups excluding carboxylic acids is 1. The van der Waals surface area contributed by atoms with Crippen LogP contribution >= 0.6 is 0 Å². The minimum absolute atomic E-state index is 0.0810. The Hall–Kier alpha value is -1.49. The molecule has 1 aromatic carbocycles. The average Bonchev–Trinajstić information content (AvgIpc) is 2.21. The Kier molecular flexibility index (Phi) is 3.38. The highest BCUT2D eigenvalue weighted by Gasteiger charge is 2.25. The summed E-state index contributed by atoms with van der Waals surface area (Å²) in [4.78, 5) is 13.5. The van der Waals surface area contributed by atoms with Gasteiger partial charge in [-0.05, 0) is 17.7 Å². The number of amides is 1. The van der Waals surface area contributed by atoms with Gasteiger partial charge in [-0.15, -0.1) is 0 Å². The van der Waals surface area contributed by atoms with E-state index in [4.69, 9.17) is 0 Å². The van der Waals surface area contributed by atoms with Gasteiger partial charge < -0.3 is 10.2 Å². The molecule has 1 N–H and O–H groups in total. The zero-order chi connectivity index (χ0) is 12.4. The molecule has 0 radical (unpaired) electrons. The molecule has 1 fully saturated rings. The summed E-state index contributed by atoms with van der Waals surface area (Å²) in [6.45, 7) is 1.58. The number of rotatable bonds is 3. The fourth-order valence-electron chi connectivity index (χ4n) is 1.70. The summed E-state index contributed by atoms with van der Waals surface area (Å²) in [6.07, 6.45) is 0.101. The first-order valence-corrected chi connectivity index (χ1v) is 5.48. The Morgan fingerprint density at radius 3 is 2.65 bits per heavy atom. The van der Waals surface area contributed by atoms with Crippen LogP contribution in [0.25, 0.3) is 0 Å². The lowest BCUT2D eigenvalue weighted by Crippen LogP contribution is -2.57. The van der Waals surface area contributed by atoms with Crippen molar-refractivity contribution in [3.63, 3.8) is 0 Å². The molecule has 92 valence electrons. The van der Waals surface area contributed by atoms with Gasteiger partial charge in [-0.1, -0.05) is 6.07 Å². The fourth-order valence-corrected chi connectivity index (χ4v) is 1.70. The molecule has 0 atom stereocenters. The summed E-state index contributed by atoms with van der Waals surface area (Å²) in [5.74, 6) is -1.89. The van der Waals surface area contributed by atoms with Crippen molar-refractivity contribution in [3.8, 4) is 0 Å². The minimum Gasteiger partial charge on any atom is -0.340 e. The molecule has 5 heteroatoms. The van der Waals surface area contributed by atoms with Crippen molar-refractivity contribution in [1.29, 1.82) is 0 Å². The first kappa shape index (κ1) is 12.0. The Morgan fingerprint density at radius 1 is 1.41 bits per heavy atom. The quantitative estimate of drug-likeness (QED) is 0.852. The molecule has 1 heterocycles. The number of halogens is 2. The lowest BCUT2D eigenvalue weighted by Gasteiger charge is -2.35. The van der Waals surface area contributed by atoms with E-state index >= 15 is 0 Å². The fraction of sp³-hybridized carbons (Fsp3) is 0.417. The number of carbonyl (C=O) groups is 1. The molecule has 0 bridgehead atoms. The maximum atomic E-state index is 13.0. The molecule has 0 aromatic heterocycles. The van der Waals surface area contributed by atoms with E-state index in [1.54, 1.807) is 11.9 Å². The van der Waals surface area contributed by atoms with Crippen LogP contribution in [-0.4, -0.2) is 37.0 Å². The Labute approximate surface area is 98.4 Å². The zero-order valence-electron chi connectivity index (χ0n) is 9.54. The molecule has 1 aromatic rings. The molecule has 0 saturated carbocycles. The molecular formula is C12H14F2N2O. The van der Waals surface area contributed by atoms with Crippen molar-refractivity contribution >= 4 is 5.91 Å². The lowest BCUT2D eigenvalue weighted by atomic mass is 10.1. The normalized spacial score (nSPS) is 15.5. The number of likely N-dealkylation sites (N-methyl/N-ethyl adjacent to an activating group) is 1. The molecule has 1 amide bonds. The van der Waals surface area contributed by atoms with Crippen molar-refractivity contribution < 1.29 is 13.6 Å². The number of hydrogen-bond acceptors (Lipinski definition) is 2. The molecule has 0 aliphatic carbocycles. The summed E-state index contributed by atoms with van der Waals surface area (Å²) in [5, 5.41) is 3.07. The van der Waals surface area contributed by atoms with Crippen LogP contribution in [0.3, 0.4) is 0 Å². The SMILES string of the molecule is CN(C(=O)Cc1ccc(F)c(F)c1)C1CNC1. The summed E-state index contributed by atoms with van der Waals surface area (Å²) < 4.78 is 25.7. The second-order valence-corrected chi connectivity index (χ2v) is 4.24. The summed E-state index contributed by atoms with van der Waals surface area (Å²) in [6, 6.07) is 3.76. The van der Waals surface area contributed by atoms with Crippen molar-refractivity contribution in [3.05, 3.63) is 35.4 Å². The zero-order valence-corrected chi connectivity index (χ0v) is 9.54. The molecule has 1 aliphatic heterocycles. The third-order valence-corrected chi connectivity index (χ3v) is 3.04. The van der Waals surface area contributed by atoms with Crippen LogP contribution in [-0.2, 0) is 11.2 Å². The maximum Gasteiger partial charge on any atom is 0.227 e. The Morgan fingerprint density at radius 2 is 2.12 bits per heavy atom. The molecule has 17 heavy (non-hydrogen) atoms. The largest absolute Gasteiger partial charge is 0.340 e. The van der Waals surface area contributed by atoms with Gasteiger partial charge in [0.2, 0.25) is 5.91 Å². The van der Waals surface area contributed by atoms with Gasteiger partial charge in [-0.2, -0.15) is 0 Å². The monoisotopic (exact) mass is 240 g/mol. The van der Waals surface area contributed by atoms with Gasteiger partial charge in [0.1, 0.15) is 0 Å². The molecule has 2 rings (SSSR count). The lowest BCUT2D eigenvalue weighted by molar-refractivity contribution is -0.132. The van der Waals surface area contributed by atoms with Crippen LogP contribution in [0.5, 0.6) is 0 Å². The average molecular weight is 240 g/mol. The highest BCUT2D eigenvalue weighted by atomic mass is 19.2. The first-order valence-electron chi connectivity index (χ1n) is 5.48. The van der Waals surface area contributed by atoms with E-state index in [1.807, 2.05) is 0 Å². The standard InChI is InChI=1S/C12H14F2N2O/c1-16(9-6-15-7-9)12(17)5-8-2-3-10(13)11(14)4-8/h2-4,9,15H,5-7H2,1H3. The highest BCUT2D eigenvalue weighted by Crippen LogP contribution is 2.11. The van der Waals surface area contributed by atoms with E-state index in [9.17, 15) is 13.6 Å². The van der Waals surface area contributed by atoms with Gasteiger partial charge in [0.25, 0.3) is 0 Å². The maximum absolute atomic E-state index is 13.0. The predicted octanol–water partition coefficient (Wildman–Crippen LogP) is 0.938. The van der Waals surface area contributed by atoms with Gasteiger partial charge in [-0.3, -0.25) is 4.79 Å². The second-order valence-electron chi connectivity index (χ2n) is 4.24. The minimum atomic E-state index is -0.914. The molecule has 3 nitrogen and oxygen atoms in total. The smallest absolute Gasteiger partial charge is 0.227 e. The van der Waals surface area contributed by atoms with E-state index in [0.717, 1.165) is 25.2 Å². The van der Waals surface area contributed by atoms with Crippen LogP contribution in [0, 0.1) is 11.6 Å². The van der Waals surface area contributed by atoms with Crippen molar-refractivity contribution in [2.45, 2.75) is 12.5 Å². The second kappa shape index (κ2) is 4.79. The molecule has 0 unspecified atom stereocenters. The van der Waals surface area contributed by atoms with E-state index < -0.39 is 11.6 Å². The van der Waals surface area contributed by atoms with Crippen LogP contribution in [0.1, 0.15) is 5.56 Å². The predicted molar refractivity (Wildman–Crippen MR) is 59.5 cm³/mol. The van der Waals surface area contributed by atoms with E-state index in [-0.39, 0.29) is 18.4 Å². The highest BCUT2D eigenvalue weighted by molar-refractivity contribution is 5.79. The number of nitrogens with one attached hydrogen (secondary N) is 1. The van der Waals surface area contributed by atoms with Crippen LogP contribution in [0.15, 0.2) is 18.2 Å². The molecular weight excluding hydrogens is 226 g/mol. The Balaban J connectivity index is 1.99. The van der Waals surface area contributed by atoms with Gasteiger partial charge in [0.15, 0.2) is 11.6 Å². The van der Waals surface area contributed by atoms with Crippen molar-refractivity contribution in [2.24, 2.45) is 0 Å². The van der Waals surface area contributed by atoms with E-state index in [2.05, 4.69) is 5.32 Å². The third kappa shape index (κ3) is 2.61. The third-order valence-electron chi connectivity index (χ3n) is 3.04. The van der Waals surface area contributed by atoms with Gasteiger partial charge in [0, 0.05) is 20.1 Å². The van der Waals surface area contributed by atoms with Crippen molar-refractivity contribution in [2.75, 3.05) is 20.1 Å². The summed E-state index contributed by atoms with van der Waals surface area (Å²) in [7, 11) is 1.73. The first-order chi connectivity index (χ1) is 8.08. The molecule has 1 aliphatic rings. The van der Waals surface area contributed by atoms with Gasteiger partial charge in [0.05, 0.1) is 12.5 Å². The number of hydrogen-bond donors (Lipinski definition) is 1. The van der Waals surface area contributed by atoms with Crippen LogP contribution in [0.2, 0.25) is 0 Å². The van der Waals surface area contributed by atoms with E-state index in [1.165, 1.54) is 6.07 Å². The molecule has 0 spiro atoms. The summed E-state index contributed by atoms with van der Waals surface area (Å²) in [5.41, 5.74) is 0.494. The van der Waals surface area contributed by atoms with Crippen LogP contribution in [0.4, 0.5) is 8.78 Å². The Bertz CT molecular complexity index is 433. The number of nitrogens with zero attached hydrogens (tertiary/aromatic N) is 1. The van der Waals surface area contributed by atoms with Crippen LogP contribution < -0.4 is 5.32 Å². The van der Waals surface area contributed by atoms with E-state index in [0.29, 0.717) is 5.56 Å². The van der Waals surface area contributed by atoms with Gasteiger partial charge >= 0.3 is 0 Å². The van der Waals surface area contributed by atoms with Gasteiger partial charge in [-0.25, -0.2) is 8.78 Å².